The number of ether oxygens (including phenoxy) is 1. The molecule has 110 valence electrons. The van der Waals surface area contributed by atoms with Gasteiger partial charge in [-0.05, 0) is 49.4 Å². The third-order valence-corrected chi connectivity index (χ3v) is 2.82. The van der Waals surface area contributed by atoms with Gasteiger partial charge >= 0.3 is 5.97 Å². The molecule has 3 aromatic rings. The Labute approximate surface area is 126 Å². The first-order valence-electron chi connectivity index (χ1n) is 6.53. The van der Waals surface area contributed by atoms with Gasteiger partial charge in [-0.2, -0.15) is 0 Å². The van der Waals surface area contributed by atoms with Gasteiger partial charge in [0.15, 0.2) is 0 Å². The average molecular weight is 296 g/mol. The fourth-order valence-corrected chi connectivity index (χ4v) is 1.81. The number of esters is 1. The summed E-state index contributed by atoms with van der Waals surface area (Å²) in [6.45, 7) is 1.83. The summed E-state index contributed by atoms with van der Waals surface area (Å²) in [6, 6.07) is 10.4. The minimum Gasteiger partial charge on any atom is -0.462 e. The second-order valence-electron chi connectivity index (χ2n) is 4.47. The highest BCUT2D eigenvalue weighted by molar-refractivity contribution is 5.88. The SMILES string of the molecule is Cc1ccc(/C=C/C(=O)Oc2ccc(-c3nnco3)cc2)o1. The maximum atomic E-state index is 11.7. The van der Waals surface area contributed by atoms with Crippen LogP contribution in [0, 0.1) is 6.92 Å². The molecule has 1 aromatic carbocycles. The van der Waals surface area contributed by atoms with Crippen LogP contribution in [0.15, 0.2) is 57.7 Å². The Bertz CT molecular complexity index is 786. The smallest absolute Gasteiger partial charge is 0.336 e. The van der Waals surface area contributed by atoms with Gasteiger partial charge < -0.3 is 13.6 Å². The summed E-state index contributed by atoms with van der Waals surface area (Å²) in [5.41, 5.74) is 0.749. The minimum absolute atomic E-state index is 0.408. The standard InChI is InChI=1S/C16H12N2O4/c1-11-2-5-13(21-11)8-9-15(19)22-14-6-3-12(4-7-14)16-18-17-10-20-16/h2-10H,1H3/b9-8+. The van der Waals surface area contributed by atoms with Crippen molar-refractivity contribution in [3.05, 3.63) is 60.4 Å². The molecule has 0 radical (unpaired) electrons. The maximum Gasteiger partial charge on any atom is 0.336 e. The van der Waals surface area contributed by atoms with Crippen LogP contribution in [-0.2, 0) is 4.79 Å². The van der Waals surface area contributed by atoms with Crippen LogP contribution in [0.3, 0.4) is 0 Å². The second-order valence-corrected chi connectivity index (χ2v) is 4.47. The van der Waals surface area contributed by atoms with E-state index in [4.69, 9.17) is 13.6 Å². The van der Waals surface area contributed by atoms with Gasteiger partial charge in [0.2, 0.25) is 12.3 Å². The lowest BCUT2D eigenvalue weighted by Gasteiger charge is -2.01. The minimum atomic E-state index is -0.486. The van der Waals surface area contributed by atoms with Gasteiger partial charge in [-0.1, -0.05) is 0 Å². The van der Waals surface area contributed by atoms with Crippen LogP contribution in [0.4, 0.5) is 0 Å². The lowest BCUT2D eigenvalue weighted by molar-refractivity contribution is -0.128. The predicted octanol–water partition coefficient (Wildman–Crippen LogP) is 3.26. The molecule has 6 nitrogen and oxygen atoms in total. The third-order valence-electron chi connectivity index (χ3n) is 2.82. The van der Waals surface area contributed by atoms with Gasteiger partial charge in [0.1, 0.15) is 17.3 Å². The summed E-state index contributed by atoms with van der Waals surface area (Å²) in [7, 11) is 0. The van der Waals surface area contributed by atoms with Gasteiger partial charge in [-0.15, -0.1) is 10.2 Å². The highest BCUT2D eigenvalue weighted by atomic mass is 16.5. The van der Waals surface area contributed by atoms with Crippen LogP contribution in [-0.4, -0.2) is 16.2 Å². The van der Waals surface area contributed by atoms with Crippen molar-refractivity contribution in [2.24, 2.45) is 0 Å². The van der Waals surface area contributed by atoms with Crippen LogP contribution >= 0.6 is 0 Å². The van der Waals surface area contributed by atoms with E-state index in [1.165, 1.54) is 12.5 Å². The van der Waals surface area contributed by atoms with E-state index in [-0.39, 0.29) is 0 Å². The van der Waals surface area contributed by atoms with E-state index >= 15 is 0 Å². The molecule has 0 N–H and O–H groups in total. The van der Waals surface area contributed by atoms with Crippen LogP contribution < -0.4 is 4.74 Å². The summed E-state index contributed by atoms with van der Waals surface area (Å²) >= 11 is 0. The number of aryl methyl sites for hydroxylation is 1. The number of aromatic nitrogens is 2. The molecule has 2 heterocycles. The van der Waals surface area contributed by atoms with E-state index in [0.717, 1.165) is 11.3 Å². The van der Waals surface area contributed by atoms with Crippen molar-refractivity contribution in [3.8, 4) is 17.2 Å². The molecule has 6 heteroatoms. The van der Waals surface area contributed by atoms with Gasteiger partial charge in [-0.25, -0.2) is 4.79 Å². The number of furan rings is 1. The Balaban J connectivity index is 1.63. The predicted molar refractivity (Wildman–Crippen MR) is 77.8 cm³/mol. The van der Waals surface area contributed by atoms with E-state index in [1.807, 2.05) is 13.0 Å². The van der Waals surface area contributed by atoms with Crippen LogP contribution in [0.1, 0.15) is 11.5 Å². The largest absolute Gasteiger partial charge is 0.462 e. The molecular weight excluding hydrogens is 284 g/mol. The molecule has 0 spiro atoms. The van der Waals surface area contributed by atoms with E-state index in [2.05, 4.69) is 10.2 Å². The Hall–Kier alpha value is -3.15. The summed E-state index contributed by atoms with van der Waals surface area (Å²) in [4.78, 5) is 11.7. The molecule has 0 saturated heterocycles. The molecule has 0 amide bonds. The number of carbonyl (C=O) groups is 1. The third kappa shape index (κ3) is 3.29. The van der Waals surface area contributed by atoms with E-state index < -0.39 is 5.97 Å². The Morgan fingerprint density at radius 2 is 2.00 bits per heavy atom. The molecule has 0 aliphatic carbocycles. The Morgan fingerprint density at radius 3 is 2.64 bits per heavy atom. The van der Waals surface area contributed by atoms with Crippen LogP contribution in [0.25, 0.3) is 17.5 Å². The van der Waals surface area contributed by atoms with Crippen LogP contribution in [0.5, 0.6) is 5.75 Å². The van der Waals surface area contributed by atoms with Gasteiger partial charge in [0.25, 0.3) is 0 Å². The Morgan fingerprint density at radius 1 is 1.18 bits per heavy atom. The molecule has 3 rings (SSSR count). The Kier molecular flexibility index (Phi) is 3.82. The summed E-state index contributed by atoms with van der Waals surface area (Å²) in [5, 5.41) is 7.40. The highest BCUT2D eigenvalue weighted by Crippen LogP contribution is 2.20. The van der Waals surface area contributed by atoms with Crippen molar-refractivity contribution in [1.29, 1.82) is 0 Å². The molecule has 0 atom stereocenters. The summed E-state index contributed by atoms with van der Waals surface area (Å²) in [6.07, 6.45) is 4.12. The van der Waals surface area contributed by atoms with Crippen molar-refractivity contribution in [2.45, 2.75) is 6.92 Å². The van der Waals surface area contributed by atoms with E-state index in [0.29, 0.717) is 17.4 Å². The number of hydrogen-bond acceptors (Lipinski definition) is 6. The topological polar surface area (TPSA) is 78.4 Å². The lowest BCUT2D eigenvalue weighted by atomic mass is 10.2. The highest BCUT2D eigenvalue weighted by Gasteiger charge is 2.05. The van der Waals surface area contributed by atoms with Gasteiger partial charge in [-0.3, -0.25) is 0 Å². The van der Waals surface area contributed by atoms with E-state index in [1.54, 1.807) is 36.4 Å². The fourth-order valence-electron chi connectivity index (χ4n) is 1.81. The van der Waals surface area contributed by atoms with Crippen molar-refractivity contribution in [1.82, 2.24) is 10.2 Å². The first kappa shape index (κ1) is 13.8. The number of carbonyl (C=O) groups excluding carboxylic acids is 1. The van der Waals surface area contributed by atoms with Crippen LogP contribution in [0.2, 0.25) is 0 Å². The average Bonchev–Trinajstić information content (AvgIpc) is 3.17. The molecule has 0 aliphatic heterocycles. The number of rotatable bonds is 4. The van der Waals surface area contributed by atoms with Gasteiger partial charge in [0.05, 0.1) is 0 Å². The molecule has 22 heavy (non-hydrogen) atoms. The zero-order chi connectivity index (χ0) is 15.4. The first-order chi connectivity index (χ1) is 10.7. The zero-order valence-electron chi connectivity index (χ0n) is 11.7. The summed E-state index contributed by atoms with van der Waals surface area (Å²) in [5.74, 6) is 1.73. The monoisotopic (exact) mass is 296 g/mol. The summed E-state index contributed by atoms with van der Waals surface area (Å²) < 4.78 is 15.6. The maximum absolute atomic E-state index is 11.7. The first-order valence-corrected chi connectivity index (χ1v) is 6.53. The molecule has 0 unspecified atom stereocenters. The second kappa shape index (κ2) is 6.09. The van der Waals surface area contributed by atoms with Crippen molar-refractivity contribution < 1.29 is 18.4 Å². The van der Waals surface area contributed by atoms with Crippen molar-refractivity contribution >= 4 is 12.0 Å². The normalized spacial score (nSPS) is 11.0. The molecule has 2 aromatic heterocycles. The quantitative estimate of drug-likeness (QED) is 0.418. The fraction of sp³-hybridized carbons (Fsp3) is 0.0625. The zero-order valence-corrected chi connectivity index (χ0v) is 11.7. The number of hydrogen-bond donors (Lipinski definition) is 0. The van der Waals surface area contributed by atoms with Crippen molar-refractivity contribution in [3.63, 3.8) is 0 Å². The van der Waals surface area contributed by atoms with E-state index in [9.17, 15) is 4.79 Å². The number of benzene rings is 1. The molecular formula is C16H12N2O4. The molecule has 0 saturated carbocycles. The molecule has 0 fully saturated rings. The van der Waals surface area contributed by atoms with Crippen molar-refractivity contribution in [2.75, 3.05) is 0 Å². The lowest BCUT2D eigenvalue weighted by Crippen LogP contribution is -2.03. The van der Waals surface area contributed by atoms with Gasteiger partial charge in [0, 0.05) is 11.6 Å². The molecule has 0 aliphatic rings. The molecule has 0 bridgehead atoms. The number of nitrogens with zero attached hydrogens (tertiary/aromatic N) is 2.